The largest absolute Gasteiger partial charge is 0.673 e. The Bertz CT molecular complexity index is 408. The van der Waals surface area contributed by atoms with Crippen LogP contribution in [0.25, 0.3) is 0 Å². The van der Waals surface area contributed by atoms with Gasteiger partial charge < -0.3 is 22.2 Å². The number of aromatic amines is 1. The zero-order chi connectivity index (χ0) is 12.7. The van der Waals surface area contributed by atoms with Crippen molar-refractivity contribution in [1.29, 1.82) is 0 Å². The van der Waals surface area contributed by atoms with Crippen LogP contribution in [0.5, 0.6) is 0 Å². The van der Waals surface area contributed by atoms with Crippen molar-refractivity contribution in [2.75, 3.05) is 0 Å². The molecule has 2 rings (SSSR count). The minimum absolute atomic E-state index is 0.883. The number of nitrogens with zero attached hydrogens (tertiary/aromatic N) is 1. The average Bonchev–Trinajstić information content (AvgIpc) is 2.69. The highest BCUT2D eigenvalue weighted by molar-refractivity contribution is 6.50. The fourth-order valence-corrected chi connectivity index (χ4v) is 1.18. The van der Waals surface area contributed by atoms with E-state index in [1.54, 1.807) is 6.20 Å². The summed E-state index contributed by atoms with van der Waals surface area (Å²) in [6, 6.07) is 10.3. The van der Waals surface area contributed by atoms with E-state index < -0.39 is 7.25 Å². The Balaban J connectivity index is 0.000000249. The minimum Gasteiger partial charge on any atom is -0.418 e. The third-order valence-electron chi connectivity index (χ3n) is 1.77. The van der Waals surface area contributed by atoms with Crippen molar-refractivity contribution in [2.45, 2.75) is 6.42 Å². The summed E-state index contributed by atoms with van der Waals surface area (Å²) in [5, 5.41) is 0. The molecule has 0 saturated heterocycles. The Kier molecular flexibility index (Phi) is 4.75. The van der Waals surface area contributed by atoms with Gasteiger partial charge in [0, 0.05) is 18.8 Å². The SMILES string of the molecule is F[B-](F)(F)F.c1ccc(Cc2ncc[nH]2)cc1. The van der Waals surface area contributed by atoms with Gasteiger partial charge in [0.1, 0.15) is 5.82 Å². The molecule has 0 fully saturated rings. The van der Waals surface area contributed by atoms with E-state index in [4.69, 9.17) is 0 Å². The van der Waals surface area contributed by atoms with Crippen molar-refractivity contribution in [2.24, 2.45) is 0 Å². The molecule has 1 aromatic carbocycles. The quantitative estimate of drug-likeness (QED) is 0.638. The van der Waals surface area contributed by atoms with Crippen LogP contribution >= 0.6 is 0 Å². The normalized spacial score (nSPS) is 10.6. The van der Waals surface area contributed by atoms with Gasteiger partial charge in [-0.05, 0) is 5.56 Å². The van der Waals surface area contributed by atoms with Gasteiger partial charge in [0.05, 0.1) is 0 Å². The molecule has 1 aromatic heterocycles. The number of hydrogen-bond donors (Lipinski definition) is 1. The van der Waals surface area contributed by atoms with Gasteiger partial charge in [0.2, 0.25) is 0 Å². The zero-order valence-corrected chi connectivity index (χ0v) is 8.78. The number of H-pyrrole nitrogens is 1. The summed E-state index contributed by atoms with van der Waals surface area (Å²) in [5.41, 5.74) is 1.28. The van der Waals surface area contributed by atoms with Crippen LogP contribution in [0.3, 0.4) is 0 Å². The van der Waals surface area contributed by atoms with E-state index in [2.05, 4.69) is 22.1 Å². The van der Waals surface area contributed by atoms with Crippen LogP contribution in [0.1, 0.15) is 11.4 Å². The zero-order valence-electron chi connectivity index (χ0n) is 8.78. The first-order chi connectivity index (χ1) is 7.95. The molecule has 7 heteroatoms. The molecule has 2 nitrogen and oxygen atoms in total. The number of imidazole rings is 1. The molecule has 1 N–H and O–H groups in total. The number of rotatable bonds is 2. The second-order valence-corrected chi connectivity index (χ2v) is 3.19. The number of hydrogen-bond acceptors (Lipinski definition) is 1. The molecule has 2 aromatic rings. The molecule has 0 saturated carbocycles. The Hall–Kier alpha value is -1.79. The van der Waals surface area contributed by atoms with Crippen molar-refractivity contribution in [3.05, 3.63) is 54.1 Å². The molecule has 17 heavy (non-hydrogen) atoms. The maximum Gasteiger partial charge on any atom is 0.673 e. The summed E-state index contributed by atoms with van der Waals surface area (Å²) in [4.78, 5) is 7.23. The summed E-state index contributed by atoms with van der Waals surface area (Å²) >= 11 is 0. The summed E-state index contributed by atoms with van der Waals surface area (Å²) in [6.07, 6.45) is 4.50. The second kappa shape index (κ2) is 6.07. The Morgan fingerprint density at radius 2 is 1.65 bits per heavy atom. The molecule has 0 atom stereocenters. The molecule has 1 heterocycles. The van der Waals surface area contributed by atoms with Crippen LogP contribution in [0, 0.1) is 0 Å². The molecule has 0 aliphatic carbocycles. The predicted molar refractivity (Wildman–Crippen MR) is 58.0 cm³/mol. The fraction of sp³-hybridized carbons (Fsp3) is 0.100. The summed E-state index contributed by atoms with van der Waals surface area (Å²) in [7, 11) is -6.00. The molecule has 0 unspecified atom stereocenters. The van der Waals surface area contributed by atoms with Crippen LogP contribution in [0.2, 0.25) is 0 Å². The first-order valence-corrected chi connectivity index (χ1v) is 4.84. The molecule has 0 radical (unpaired) electrons. The van der Waals surface area contributed by atoms with Gasteiger partial charge in [-0.15, -0.1) is 0 Å². The topological polar surface area (TPSA) is 28.7 Å². The second-order valence-electron chi connectivity index (χ2n) is 3.19. The maximum absolute atomic E-state index is 9.75. The Morgan fingerprint density at radius 1 is 1.06 bits per heavy atom. The fourth-order valence-electron chi connectivity index (χ4n) is 1.18. The molecule has 0 spiro atoms. The minimum atomic E-state index is -6.00. The maximum atomic E-state index is 9.75. The number of halogens is 4. The molecule has 0 bridgehead atoms. The molecule has 0 aliphatic heterocycles. The Labute approximate surface area is 95.8 Å². The summed E-state index contributed by atoms with van der Waals surface area (Å²) < 4.78 is 39.0. The van der Waals surface area contributed by atoms with E-state index in [9.17, 15) is 17.3 Å². The number of benzene rings is 1. The highest BCUT2D eigenvalue weighted by Gasteiger charge is 2.20. The van der Waals surface area contributed by atoms with Gasteiger partial charge in [-0.1, -0.05) is 30.3 Å². The van der Waals surface area contributed by atoms with E-state index in [1.165, 1.54) is 5.56 Å². The lowest BCUT2D eigenvalue weighted by Gasteiger charge is -1.95. The van der Waals surface area contributed by atoms with Crippen molar-refractivity contribution in [1.82, 2.24) is 9.97 Å². The Morgan fingerprint density at radius 3 is 2.12 bits per heavy atom. The van der Waals surface area contributed by atoms with Crippen molar-refractivity contribution < 1.29 is 17.3 Å². The van der Waals surface area contributed by atoms with Crippen molar-refractivity contribution in [3.8, 4) is 0 Å². The van der Waals surface area contributed by atoms with Gasteiger partial charge in [-0.2, -0.15) is 0 Å². The van der Waals surface area contributed by atoms with Crippen molar-refractivity contribution >= 4 is 7.25 Å². The van der Waals surface area contributed by atoms with Crippen LogP contribution in [-0.4, -0.2) is 17.2 Å². The van der Waals surface area contributed by atoms with E-state index in [0.29, 0.717) is 0 Å². The summed E-state index contributed by atoms with van der Waals surface area (Å²) in [6.45, 7) is 0. The van der Waals surface area contributed by atoms with Crippen LogP contribution in [0.4, 0.5) is 17.3 Å². The van der Waals surface area contributed by atoms with Crippen molar-refractivity contribution in [3.63, 3.8) is 0 Å². The monoisotopic (exact) mass is 245 g/mol. The third-order valence-corrected chi connectivity index (χ3v) is 1.77. The van der Waals surface area contributed by atoms with Gasteiger partial charge in [-0.3, -0.25) is 0 Å². The molecule has 0 aliphatic rings. The number of aromatic nitrogens is 2. The van der Waals surface area contributed by atoms with Gasteiger partial charge >= 0.3 is 7.25 Å². The first kappa shape index (κ1) is 13.3. The van der Waals surface area contributed by atoms with E-state index in [1.807, 2.05) is 24.4 Å². The molecule has 92 valence electrons. The lowest BCUT2D eigenvalue weighted by molar-refractivity contribution is 0.368. The third kappa shape index (κ3) is 7.16. The van der Waals surface area contributed by atoms with E-state index in [0.717, 1.165) is 12.2 Å². The van der Waals surface area contributed by atoms with Gasteiger partial charge in [0.25, 0.3) is 0 Å². The summed E-state index contributed by atoms with van der Waals surface area (Å²) in [5.74, 6) is 1.02. The van der Waals surface area contributed by atoms with E-state index >= 15 is 0 Å². The lowest BCUT2D eigenvalue weighted by Crippen LogP contribution is -2.02. The predicted octanol–water partition coefficient (Wildman–Crippen LogP) is 3.30. The lowest BCUT2D eigenvalue weighted by atomic mass is 10.1. The van der Waals surface area contributed by atoms with Crippen LogP contribution < -0.4 is 0 Å². The van der Waals surface area contributed by atoms with Gasteiger partial charge in [0.15, 0.2) is 0 Å². The first-order valence-electron chi connectivity index (χ1n) is 4.84. The smallest absolute Gasteiger partial charge is 0.418 e. The van der Waals surface area contributed by atoms with Crippen LogP contribution in [0.15, 0.2) is 42.7 Å². The van der Waals surface area contributed by atoms with Crippen LogP contribution in [-0.2, 0) is 6.42 Å². The standard InChI is InChI=1S/C10H10N2.BF4/c1-2-4-9(5-3-1)8-10-11-6-7-12-10;2-1(3,4)5/h1-7H,8H2,(H,11,12);/q;-1. The highest BCUT2D eigenvalue weighted by atomic mass is 19.5. The van der Waals surface area contributed by atoms with E-state index in [-0.39, 0.29) is 0 Å². The highest BCUT2D eigenvalue weighted by Crippen LogP contribution is 2.06. The van der Waals surface area contributed by atoms with Gasteiger partial charge in [-0.25, -0.2) is 4.98 Å². The molecular weight excluding hydrogens is 235 g/mol. The number of nitrogens with one attached hydrogen (secondary N) is 1. The molecular formula is C10H10BF4N2-. The molecule has 0 amide bonds. The average molecular weight is 245 g/mol.